The van der Waals surface area contributed by atoms with Crippen LogP contribution in [-0.2, 0) is 4.74 Å². The zero-order chi connectivity index (χ0) is 20.2. The quantitative estimate of drug-likeness (QED) is 0.795. The molecule has 0 radical (unpaired) electrons. The predicted molar refractivity (Wildman–Crippen MR) is 115 cm³/mol. The predicted octanol–water partition coefficient (Wildman–Crippen LogP) is 4.55. The number of rotatable bonds is 4. The van der Waals surface area contributed by atoms with Crippen molar-refractivity contribution in [2.45, 2.75) is 18.9 Å². The molecule has 2 aromatic carbocycles. The van der Waals surface area contributed by atoms with Crippen molar-refractivity contribution in [1.29, 1.82) is 0 Å². The van der Waals surface area contributed by atoms with Gasteiger partial charge in [-0.3, -0.25) is 0 Å². The maximum Gasteiger partial charge on any atom is 0.322 e. The lowest BCUT2D eigenvalue weighted by molar-refractivity contribution is 0.123. The van der Waals surface area contributed by atoms with Gasteiger partial charge in [-0.15, -0.1) is 0 Å². The summed E-state index contributed by atoms with van der Waals surface area (Å²) in [5.74, 6) is 0.817. The van der Waals surface area contributed by atoms with Crippen LogP contribution in [0.3, 0.4) is 0 Å². The molecule has 4 rings (SSSR count). The standard InChI is InChI=1S/C22H26ClN3O3/c1-28-18-7-4-16(5-8-18)20-3-2-10-26(20)22(27)24-19-15-17(23)6-9-21(19)25-11-13-29-14-12-25/h4-9,15,20H,2-3,10-14H2,1H3,(H,24,27)/t20-/m0/s1. The average Bonchev–Trinajstić information content (AvgIpc) is 3.25. The Balaban J connectivity index is 1.53. The number of carbonyl (C=O) groups is 1. The van der Waals surface area contributed by atoms with E-state index in [1.165, 1.54) is 0 Å². The van der Waals surface area contributed by atoms with Gasteiger partial charge in [0.1, 0.15) is 5.75 Å². The van der Waals surface area contributed by atoms with Gasteiger partial charge in [0.2, 0.25) is 0 Å². The molecule has 0 saturated carbocycles. The number of benzene rings is 2. The Morgan fingerprint density at radius 1 is 1.14 bits per heavy atom. The minimum atomic E-state index is -0.0971. The number of nitrogens with one attached hydrogen (secondary N) is 1. The zero-order valence-electron chi connectivity index (χ0n) is 16.6. The number of hydrogen-bond donors (Lipinski definition) is 1. The number of morpholine rings is 1. The van der Waals surface area contributed by atoms with Gasteiger partial charge in [0.25, 0.3) is 0 Å². The summed E-state index contributed by atoms with van der Waals surface area (Å²) in [6.07, 6.45) is 1.93. The summed E-state index contributed by atoms with van der Waals surface area (Å²) in [4.78, 5) is 17.3. The Kier molecular flexibility index (Phi) is 6.11. The number of carbonyl (C=O) groups excluding carboxylic acids is 1. The monoisotopic (exact) mass is 415 g/mol. The second kappa shape index (κ2) is 8.93. The van der Waals surface area contributed by atoms with Gasteiger partial charge in [-0.05, 0) is 48.7 Å². The highest BCUT2D eigenvalue weighted by Crippen LogP contribution is 2.35. The maximum atomic E-state index is 13.2. The number of methoxy groups -OCH3 is 1. The Hall–Kier alpha value is -2.44. The number of likely N-dealkylation sites (tertiary alicyclic amines) is 1. The molecule has 29 heavy (non-hydrogen) atoms. The molecule has 2 aromatic rings. The first kappa shape index (κ1) is 19.9. The molecule has 2 aliphatic rings. The summed E-state index contributed by atoms with van der Waals surface area (Å²) in [6.45, 7) is 3.69. The van der Waals surface area contributed by atoms with E-state index in [2.05, 4.69) is 10.2 Å². The van der Waals surface area contributed by atoms with Crippen LogP contribution in [0.25, 0.3) is 0 Å². The van der Waals surface area contributed by atoms with Crippen molar-refractivity contribution in [3.8, 4) is 5.75 Å². The third kappa shape index (κ3) is 4.43. The lowest BCUT2D eigenvalue weighted by Crippen LogP contribution is -2.38. The molecule has 2 heterocycles. The molecule has 0 aromatic heterocycles. The first-order chi connectivity index (χ1) is 14.2. The minimum absolute atomic E-state index is 0.0620. The van der Waals surface area contributed by atoms with Gasteiger partial charge in [-0.1, -0.05) is 23.7 Å². The summed E-state index contributed by atoms with van der Waals surface area (Å²) in [6, 6.07) is 13.6. The van der Waals surface area contributed by atoms with Gasteiger partial charge in [0.15, 0.2) is 0 Å². The van der Waals surface area contributed by atoms with E-state index in [1.807, 2.05) is 47.4 Å². The highest BCUT2D eigenvalue weighted by atomic mass is 35.5. The van der Waals surface area contributed by atoms with E-state index in [-0.39, 0.29) is 12.1 Å². The molecule has 1 atom stereocenters. The van der Waals surface area contributed by atoms with E-state index in [0.717, 1.165) is 55.2 Å². The van der Waals surface area contributed by atoms with E-state index >= 15 is 0 Å². The SMILES string of the molecule is COc1ccc([C@@H]2CCCN2C(=O)Nc2cc(Cl)ccc2N2CCOCC2)cc1. The van der Waals surface area contributed by atoms with Crippen molar-refractivity contribution in [3.63, 3.8) is 0 Å². The topological polar surface area (TPSA) is 54.0 Å². The van der Waals surface area contributed by atoms with Crippen molar-refractivity contribution < 1.29 is 14.3 Å². The zero-order valence-corrected chi connectivity index (χ0v) is 17.3. The number of amides is 2. The van der Waals surface area contributed by atoms with Crippen LogP contribution in [0.5, 0.6) is 5.75 Å². The fourth-order valence-electron chi connectivity index (χ4n) is 4.06. The van der Waals surface area contributed by atoms with E-state index < -0.39 is 0 Å². The van der Waals surface area contributed by atoms with E-state index in [0.29, 0.717) is 18.2 Å². The van der Waals surface area contributed by atoms with E-state index in [4.69, 9.17) is 21.1 Å². The Morgan fingerprint density at radius 3 is 2.62 bits per heavy atom. The molecule has 0 spiro atoms. The second-order valence-electron chi connectivity index (χ2n) is 7.32. The molecular formula is C22H26ClN3O3. The van der Waals surface area contributed by atoms with Crippen molar-refractivity contribution in [3.05, 3.63) is 53.1 Å². The van der Waals surface area contributed by atoms with Gasteiger partial charge >= 0.3 is 6.03 Å². The fourth-order valence-corrected chi connectivity index (χ4v) is 4.23. The molecule has 154 valence electrons. The first-order valence-corrected chi connectivity index (χ1v) is 10.4. The Bertz CT molecular complexity index is 853. The number of halogens is 1. The van der Waals surface area contributed by atoms with Crippen LogP contribution in [0.1, 0.15) is 24.4 Å². The van der Waals surface area contributed by atoms with Crippen molar-refractivity contribution in [2.75, 3.05) is 50.2 Å². The average molecular weight is 416 g/mol. The number of anilines is 2. The summed E-state index contributed by atoms with van der Waals surface area (Å²) in [5.41, 5.74) is 2.84. The number of urea groups is 1. The minimum Gasteiger partial charge on any atom is -0.497 e. The highest BCUT2D eigenvalue weighted by molar-refractivity contribution is 6.31. The molecule has 2 aliphatic heterocycles. The van der Waals surface area contributed by atoms with Crippen LogP contribution < -0.4 is 15.0 Å². The van der Waals surface area contributed by atoms with Crippen molar-refractivity contribution in [2.24, 2.45) is 0 Å². The molecule has 0 bridgehead atoms. The third-order valence-electron chi connectivity index (χ3n) is 5.57. The summed E-state index contributed by atoms with van der Waals surface area (Å²) < 4.78 is 10.7. The van der Waals surface area contributed by atoms with Crippen molar-refractivity contribution in [1.82, 2.24) is 4.90 Å². The van der Waals surface area contributed by atoms with Crippen molar-refractivity contribution >= 4 is 29.0 Å². The van der Waals surface area contributed by atoms with Crippen LogP contribution in [0.2, 0.25) is 5.02 Å². The molecule has 2 amide bonds. The summed E-state index contributed by atoms with van der Waals surface area (Å²) in [7, 11) is 1.65. The number of ether oxygens (including phenoxy) is 2. The lowest BCUT2D eigenvalue weighted by Gasteiger charge is -2.31. The van der Waals surface area contributed by atoms with Crippen LogP contribution in [0.4, 0.5) is 16.2 Å². The van der Waals surface area contributed by atoms with Crippen LogP contribution in [0, 0.1) is 0 Å². The summed E-state index contributed by atoms with van der Waals surface area (Å²) >= 11 is 6.23. The van der Waals surface area contributed by atoms with E-state index in [9.17, 15) is 4.79 Å². The van der Waals surface area contributed by atoms with Crippen LogP contribution in [-0.4, -0.2) is 50.9 Å². The highest BCUT2D eigenvalue weighted by Gasteiger charge is 2.30. The first-order valence-electron chi connectivity index (χ1n) is 9.99. The molecule has 6 nitrogen and oxygen atoms in total. The molecule has 0 unspecified atom stereocenters. The molecule has 7 heteroatoms. The van der Waals surface area contributed by atoms with Gasteiger partial charge in [0.05, 0.1) is 37.7 Å². The molecule has 1 N–H and O–H groups in total. The largest absolute Gasteiger partial charge is 0.497 e. The van der Waals surface area contributed by atoms with Gasteiger partial charge < -0.3 is 24.6 Å². The van der Waals surface area contributed by atoms with Crippen LogP contribution >= 0.6 is 11.6 Å². The Morgan fingerprint density at radius 2 is 1.90 bits per heavy atom. The Labute approximate surface area is 176 Å². The summed E-state index contributed by atoms with van der Waals surface area (Å²) in [5, 5.41) is 3.71. The van der Waals surface area contributed by atoms with Gasteiger partial charge in [-0.2, -0.15) is 0 Å². The molecular weight excluding hydrogens is 390 g/mol. The molecule has 0 aliphatic carbocycles. The lowest BCUT2D eigenvalue weighted by atomic mass is 10.0. The fraction of sp³-hybridized carbons (Fsp3) is 0.409. The maximum absolute atomic E-state index is 13.2. The van der Waals surface area contributed by atoms with E-state index in [1.54, 1.807) is 7.11 Å². The molecule has 2 saturated heterocycles. The van der Waals surface area contributed by atoms with Gasteiger partial charge in [0, 0.05) is 24.7 Å². The number of nitrogens with zero attached hydrogens (tertiary/aromatic N) is 2. The molecule has 2 fully saturated rings. The van der Waals surface area contributed by atoms with Gasteiger partial charge in [-0.25, -0.2) is 4.79 Å². The smallest absolute Gasteiger partial charge is 0.322 e. The second-order valence-corrected chi connectivity index (χ2v) is 7.75. The van der Waals surface area contributed by atoms with Crippen LogP contribution in [0.15, 0.2) is 42.5 Å². The third-order valence-corrected chi connectivity index (χ3v) is 5.80. The normalized spacial score (nSPS) is 19.3. The number of hydrogen-bond acceptors (Lipinski definition) is 4.